The molecule has 2 aromatic carbocycles. The van der Waals surface area contributed by atoms with Crippen molar-refractivity contribution < 1.29 is 14.5 Å². The van der Waals surface area contributed by atoms with Crippen LogP contribution >= 0.6 is 0 Å². The average molecular weight is 342 g/mol. The normalized spacial score (nSPS) is 10.4. The van der Waals surface area contributed by atoms with E-state index in [0.717, 1.165) is 6.07 Å². The van der Waals surface area contributed by atoms with Gasteiger partial charge in [0, 0.05) is 28.9 Å². The van der Waals surface area contributed by atoms with Gasteiger partial charge in [0.15, 0.2) is 0 Å². The quantitative estimate of drug-likeness (QED) is 0.437. The first-order valence-corrected chi connectivity index (χ1v) is 7.54. The Morgan fingerprint density at radius 2 is 1.60 bits per heavy atom. The molecule has 0 unspecified atom stereocenters. The molecule has 0 saturated heterocycles. The highest BCUT2D eigenvalue weighted by molar-refractivity contribution is 6.05. The van der Waals surface area contributed by atoms with Gasteiger partial charge in [-0.3, -0.25) is 19.7 Å². The zero-order valence-corrected chi connectivity index (χ0v) is 13.8. The van der Waals surface area contributed by atoms with Crippen molar-refractivity contribution in [3.63, 3.8) is 0 Å². The molecule has 8 heteroatoms. The van der Waals surface area contributed by atoms with Crippen LogP contribution in [0.4, 0.5) is 22.7 Å². The molecule has 8 nitrogen and oxygen atoms in total. The van der Waals surface area contributed by atoms with Gasteiger partial charge in [-0.15, -0.1) is 0 Å². The minimum absolute atomic E-state index is 0.00760. The van der Waals surface area contributed by atoms with Crippen molar-refractivity contribution in [3.05, 3.63) is 58.1 Å². The number of nitrogens with one attached hydrogen (secondary N) is 2. The van der Waals surface area contributed by atoms with E-state index in [4.69, 9.17) is 5.73 Å². The molecular formula is C17H18N4O4. The summed E-state index contributed by atoms with van der Waals surface area (Å²) in [6.07, 6.45) is 0. The SMILES string of the molecule is CC(C)C(=O)Nc1ccc(NC(=O)c2ccc(N)c([N+](=O)[O-])c2)cc1. The fraction of sp³-hybridized carbons (Fsp3) is 0.176. The van der Waals surface area contributed by atoms with Crippen LogP contribution in [0.1, 0.15) is 24.2 Å². The zero-order chi connectivity index (χ0) is 18.6. The molecule has 0 bridgehead atoms. The standard InChI is InChI=1S/C17H18N4O4/c1-10(2)16(22)19-12-4-6-13(7-5-12)20-17(23)11-3-8-14(18)15(9-11)21(24)25/h3-10H,18H2,1-2H3,(H,19,22)(H,20,23). The van der Waals surface area contributed by atoms with Crippen LogP contribution in [0.25, 0.3) is 0 Å². The third-order valence-electron chi connectivity index (χ3n) is 3.42. The Morgan fingerprint density at radius 1 is 1.04 bits per heavy atom. The lowest BCUT2D eigenvalue weighted by molar-refractivity contribution is -0.383. The molecule has 0 fully saturated rings. The Hall–Kier alpha value is -3.42. The molecule has 0 aromatic heterocycles. The van der Waals surface area contributed by atoms with Crippen molar-refractivity contribution in [2.75, 3.05) is 16.4 Å². The lowest BCUT2D eigenvalue weighted by Crippen LogP contribution is -2.17. The smallest absolute Gasteiger partial charge is 0.292 e. The molecule has 0 aliphatic heterocycles. The van der Waals surface area contributed by atoms with E-state index in [2.05, 4.69) is 10.6 Å². The van der Waals surface area contributed by atoms with Crippen LogP contribution in [0.15, 0.2) is 42.5 Å². The maximum absolute atomic E-state index is 12.2. The maximum Gasteiger partial charge on any atom is 0.292 e. The molecule has 0 atom stereocenters. The van der Waals surface area contributed by atoms with Crippen LogP contribution in [0.5, 0.6) is 0 Å². The zero-order valence-electron chi connectivity index (χ0n) is 13.8. The molecule has 2 amide bonds. The number of anilines is 3. The van der Waals surface area contributed by atoms with Gasteiger partial charge in [0.05, 0.1) is 4.92 Å². The van der Waals surface area contributed by atoms with E-state index < -0.39 is 10.8 Å². The van der Waals surface area contributed by atoms with E-state index in [0.29, 0.717) is 11.4 Å². The fourth-order valence-corrected chi connectivity index (χ4v) is 1.97. The second kappa shape index (κ2) is 7.43. The molecule has 0 aliphatic rings. The van der Waals surface area contributed by atoms with Gasteiger partial charge >= 0.3 is 0 Å². The lowest BCUT2D eigenvalue weighted by atomic mass is 10.1. The van der Waals surface area contributed by atoms with Crippen molar-refractivity contribution in [2.45, 2.75) is 13.8 Å². The molecule has 0 spiro atoms. The van der Waals surface area contributed by atoms with Crippen molar-refractivity contribution in [3.8, 4) is 0 Å². The predicted octanol–water partition coefficient (Wildman–Crippen LogP) is 3.02. The summed E-state index contributed by atoms with van der Waals surface area (Å²) >= 11 is 0. The number of nitrogen functional groups attached to an aromatic ring is 1. The van der Waals surface area contributed by atoms with Gasteiger partial charge in [0.25, 0.3) is 11.6 Å². The van der Waals surface area contributed by atoms with E-state index in [1.54, 1.807) is 38.1 Å². The average Bonchev–Trinajstić information content (AvgIpc) is 2.56. The molecule has 130 valence electrons. The number of nitrogens with two attached hydrogens (primary N) is 1. The summed E-state index contributed by atoms with van der Waals surface area (Å²) in [5.74, 6) is -0.742. The summed E-state index contributed by atoms with van der Waals surface area (Å²) in [4.78, 5) is 34.1. The summed E-state index contributed by atoms with van der Waals surface area (Å²) in [5, 5.41) is 16.3. The van der Waals surface area contributed by atoms with Gasteiger partial charge in [-0.2, -0.15) is 0 Å². The second-order valence-electron chi connectivity index (χ2n) is 5.71. The van der Waals surface area contributed by atoms with Crippen molar-refractivity contribution in [2.24, 2.45) is 5.92 Å². The summed E-state index contributed by atoms with van der Waals surface area (Å²) < 4.78 is 0. The number of hydrogen-bond acceptors (Lipinski definition) is 5. The van der Waals surface area contributed by atoms with E-state index in [1.165, 1.54) is 12.1 Å². The molecule has 0 aliphatic carbocycles. The van der Waals surface area contributed by atoms with Crippen LogP contribution in [0.3, 0.4) is 0 Å². The van der Waals surface area contributed by atoms with Crippen LogP contribution < -0.4 is 16.4 Å². The maximum atomic E-state index is 12.2. The van der Waals surface area contributed by atoms with E-state index in [1.807, 2.05) is 0 Å². The number of hydrogen-bond donors (Lipinski definition) is 3. The molecule has 2 aromatic rings. The molecule has 0 radical (unpaired) electrons. The van der Waals surface area contributed by atoms with Gasteiger partial charge < -0.3 is 16.4 Å². The summed E-state index contributed by atoms with van der Waals surface area (Å²) in [5.41, 5.74) is 6.41. The van der Waals surface area contributed by atoms with Gasteiger partial charge in [-0.25, -0.2) is 0 Å². The second-order valence-corrected chi connectivity index (χ2v) is 5.71. The van der Waals surface area contributed by atoms with Crippen LogP contribution in [0, 0.1) is 16.0 Å². The first-order valence-electron chi connectivity index (χ1n) is 7.54. The minimum atomic E-state index is -0.641. The monoisotopic (exact) mass is 342 g/mol. The summed E-state index contributed by atoms with van der Waals surface area (Å²) in [7, 11) is 0. The Kier molecular flexibility index (Phi) is 5.33. The number of carbonyl (C=O) groups excluding carboxylic acids is 2. The number of nitro benzene ring substituents is 1. The first-order chi connectivity index (χ1) is 11.8. The molecule has 0 saturated carbocycles. The Morgan fingerprint density at radius 3 is 2.12 bits per heavy atom. The third-order valence-corrected chi connectivity index (χ3v) is 3.42. The minimum Gasteiger partial charge on any atom is -0.393 e. The predicted molar refractivity (Wildman–Crippen MR) is 95.4 cm³/mol. The fourth-order valence-electron chi connectivity index (χ4n) is 1.97. The molecular weight excluding hydrogens is 324 g/mol. The number of carbonyl (C=O) groups is 2. The number of nitro groups is 1. The third kappa shape index (κ3) is 4.54. The van der Waals surface area contributed by atoms with E-state index in [-0.39, 0.29) is 28.8 Å². The number of benzene rings is 2. The van der Waals surface area contributed by atoms with Crippen molar-refractivity contribution in [1.82, 2.24) is 0 Å². The highest BCUT2D eigenvalue weighted by atomic mass is 16.6. The largest absolute Gasteiger partial charge is 0.393 e. The van der Waals surface area contributed by atoms with Crippen LogP contribution in [-0.4, -0.2) is 16.7 Å². The Bertz CT molecular complexity index is 816. The summed E-state index contributed by atoms with van der Waals surface area (Å²) in [6, 6.07) is 10.4. The highest BCUT2D eigenvalue weighted by Crippen LogP contribution is 2.23. The first kappa shape index (κ1) is 17.9. The van der Waals surface area contributed by atoms with E-state index in [9.17, 15) is 19.7 Å². The van der Waals surface area contributed by atoms with Gasteiger partial charge in [-0.1, -0.05) is 13.8 Å². The van der Waals surface area contributed by atoms with Gasteiger partial charge in [0.2, 0.25) is 5.91 Å². The number of nitrogens with zero attached hydrogens (tertiary/aromatic N) is 1. The molecule has 2 rings (SSSR count). The molecule has 25 heavy (non-hydrogen) atoms. The number of amides is 2. The van der Waals surface area contributed by atoms with Gasteiger partial charge in [0.1, 0.15) is 5.69 Å². The van der Waals surface area contributed by atoms with Gasteiger partial charge in [-0.05, 0) is 36.4 Å². The molecule has 4 N–H and O–H groups in total. The van der Waals surface area contributed by atoms with E-state index >= 15 is 0 Å². The summed E-state index contributed by atoms with van der Waals surface area (Å²) in [6.45, 7) is 3.57. The highest BCUT2D eigenvalue weighted by Gasteiger charge is 2.16. The topological polar surface area (TPSA) is 127 Å². The Balaban J connectivity index is 2.09. The van der Waals surface area contributed by atoms with Crippen LogP contribution in [0.2, 0.25) is 0 Å². The lowest BCUT2D eigenvalue weighted by Gasteiger charge is -2.09. The van der Waals surface area contributed by atoms with Crippen molar-refractivity contribution in [1.29, 1.82) is 0 Å². The van der Waals surface area contributed by atoms with Crippen molar-refractivity contribution >= 4 is 34.6 Å². The molecule has 0 heterocycles. The number of rotatable bonds is 5. The van der Waals surface area contributed by atoms with Crippen LogP contribution in [-0.2, 0) is 4.79 Å². The Labute approximate surface area is 144 Å².